The minimum Gasteiger partial charge on any atom is -0.450 e. The molecule has 2 aliphatic heterocycles. The van der Waals surface area contributed by atoms with Gasteiger partial charge in [-0.3, -0.25) is 4.79 Å². The van der Waals surface area contributed by atoms with Crippen LogP contribution in [0.2, 0.25) is 0 Å². The fourth-order valence-electron chi connectivity index (χ4n) is 3.33. The number of rotatable bonds is 1. The molecule has 0 saturated carbocycles. The van der Waals surface area contributed by atoms with E-state index in [1.807, 2.05) is 0 Å². The van der Waals surface area contributed by atoms with Gasteiger partial charge in [-0.1, -0.05) is 0 Å². The molecular weight excluding hydrogens is 299 g/mol. The largest absolute Gasteiger partial charge is 0.450 e. The van der Waals surface area contributed by atoms with Crippen molar-refractivity contribution in [1.82, 2.24) is 4.90 Å². The third-order valence-electron chi connectivity index (χ3n) is 4.34. The second-order valence-corrected chi connectivity index (χ2v) is 6.11. The first-order chi connectivity index (χ1) is 10.2. The summed E-state index contributed by atoms with van der Waals surface area (Å²) >= 11 is 0. The van der Waals surface area contributed by atoms with Crippen LogP contribution in [0.3, 0.4) is 0 Å². The molecule has 3 rings (SSSR count). The summed E-state index contributed by atoms with van der Waals surface area (Å²) in [6.07, 6.45) is 0.943. The van der Waals surface area contributed by atoms with Crippen LogP contribution < -0.4 is 0 Å². The van der Waals surface area contributed by atoms with E-state index >= 15 is 0 Å². The topological polar surface area (TPSA) is 46.6 Å². The van der Waals surface area contributed by atoms with E-state index in [0.29, 0.717) is 12.8 Å². The van der Waals surface area contributed by atoms with Gasteiger partial charge in [0.15, 0.2) is 17.5 Å². The van der Waals surface area contributed by atoms with Crippen molar-refractivity contribution >= 4 is 11.9 Å². The highest BCUT2D eigenvalue weighted by molar-refractivity contribution is 6.33. The molecule has 2 aliphatic rings. The fraction of sp³-hybridized carbons (Fsp3) is 0.467. The van der Waals surface area contributed by atoms with E-state index in [0.717, 1.165) is 12.1 Å². The predicted octanol–water partition coefficient (Wildman–Crippen LogP) is 2.47. The van der Waals surface area contributed by atoms with Gasteiger partial charge in [-0.05, 0) is 44.4 Å². The number of hydrogen-bond donors (Lipinski definition) is 0. The molecule has 4 nitrogen and oxygen atoms in total. The van der Waals surface area contributed by atoms with E-state index in [-0.39, 0.29) is 11.6 Å². The van der Waals surface area contributed by atoms with Gasteiger partial charge in [0.25, 0.3) is 0 Å². The normalized spacial score (nSPS) is 26.9. The molecule has 0 unspecified atom stereocenters. The van der Waals surface area contributed by atoms with Gasteiger partial charge in [-0.2, -0.15) is 0 Å². The summed E-state index contributed by atoms with van der Waals surface area (Å²) in [6, 6.07) is 0.685. The number of amides is 1. The molecule has 22 heavy (non-hydrogen) atoms. The van der Waals surface area contributed by atoms with E-state index in [4.69, 9.17) is 4.74 Å². The Morgan fingerprint density at radius 1 is 1.14 bits per heavy atom. The highest BCUT2D eigenvalue weighted by Gasteiger charge is 2.53. The number of carbonyl (C=O) groups is 2. The summed E-state index contributed by atoms with van der Waals surface area (Å²) in [5.74, 6) is -6.01. The van der Waals surface area contributed by atoms with E-state index < -0.39 is 41.0 Å². The molecule has 0 spiro atoms. The van der Waals surface area contributed by atoms with Crippen molar-refractivity contribution < 1.29 is 27.5 Å². The maximum atomic E-state index is 13.4. The van der Waals surface area contributed by atoms with Crippen LogP contribution in [0, 0.1) is 17.5 Å². The number of ether oxygens (including phenoxy) is 1. The van der Waals surface area contributed by atoms with Crippen LogP contribution in [0.1, 0.15) is 38.3 Å². The number of fused-ring (bicyclic) bond motifs is 1. The van der Waals surface area contributed by atoms with Gasteiger partial charge in [0.1, 0.15) is 5.60 Å². The van der Waals surface area contributed by atoms with Gasteiger partial charge >= 0.3 is 11.9 Å². The van der Waals surface area contributed by atoms with Crippen molar-refractivity contribution in [3.8, 4) is 0 Å². The van der Waals surface area contributed by atoms with Crippen LogP contribution in [-0.2, 0) is 14.3 Å². The maximum absolute atomic E-state index is 13.4. The van der Waals surface area contributed by atoms with Gasteiger partial charge in [-0.15, -0.1) is 0 Å². The highest BCUT2D eigenvalue weighted by Crippen LogP contribution is 2.44. The zero-order chi connectivity index (χ0) is 16.2. The monoisotopic (exact) mass is 313 g/mol. The van der Waals surface area contributed by atoms with Gasteiger partial charge in [0.2, 0.25) is 0 Å². The van der Waals surface area contributed by atoms with E-state index in [1.54, 1.807) is 13.8 Å². The molecule has 118 valence electrons. The van der Waals surface area contributed by atoms with Crippen LogP contribution in [0.5, 0.6) is 0 Å². The second-order valence-electron chi connectivity index (χ2n) is 6.11. The molecule has 2 saturated heterocycles. The van der Waals surface area contributed by atoms with Crippen LogP contribution in [0.15, 0.2) is 12.1 Å². The Hall–Kier alpha value is -2.05. The summed E-state index contributed by atoms with van der Waals surface area (Å²) in [6.45, 7) is 3.37. The molecule has 0 bridgehead atoms. The molecule has 0 radical (unpaired) electrons. The lowest BCUT2D eigenvalue weighted by molar-refractivity contribution is -0.188. The lowest BCUT2D eigenvalue weighted by atomic mass is 9.95. The van der Waals surface area contributed by atoms with Crippen molar-refractivity contribution in [2.75, 3.05) is 0 Å². The predicted molar refractivity (Wildman–Crippen MR) is 69.1 cm³/mol. The van der Waals surface area contributed by atoms with Crippen molar-refractivity contribution in [2.24, 2.45) is 0 Å². The Bertz CT molecular complexity index is 651. The third-order valence-corrected chi connectivity index (χ3v) is 4.34. The van der Waals surface area contributed by atoms with Gasteiger partial charge < -0.3 is 9.64 Å². The van der Waals surface area contributed by atoms with Crippen LogP contribution in [0.25, 0.3) is 0 Å². The zero-order valence-corrected chi connectivity index (χ0v) is 12.0. The van der Waals surface area contributed by atoms with Crippen molar-refractivity contribution in [3.05, 3.63) is 35.1 Å². The van der Waals surface area contributed by atoms with Crippen molar-refractivity contribution in [1.29, 1.82) is 0 Å². The van der Waals surface area contributed by atoms with Gasteiger partial charge in [0, 0.05) is 0 Å². The average molecular weight is 313 g/mol. The lowest BCUT2D eigenvalue weighted by Crippen LogP contribution is -2.59. The third kappa shape index (κ3) is 2.07. The Morgan fingerprint density at radius 2 is 1.73 bits per heavy atom. The first-order valence-electron chi connectivity index (χ1n) is 6.92. The Morgan fingerprint density at radius 3 is 2.32 bits per heavy atom. The molecular formula is C15H14F3NO3. The molecule has 2 heterocycles. The summed E-state index contributed by atoms with van der Waals surface area (Å²) in [4.78, 5) is 25.1. The Kier molecular flexibility index (Phi) is 3.19. The number of halogens is 3. The number of morpholine rings is 1. The molecule has 2 fully saturated rings. The van der Waals surface area contributed by atoms with Crippen LogP contribution in [0.4, 0.5) is 13.2 Å². The molecule has 1 amide bonds. The first kappa shape index (κ1) is 14.9. The molecule has 1 aromatic carbocycles. The number of nitrogens with zero attached hydrogens (tertiary/aromatic N) is 1. The molecule has 0 N–H and O–H groups in total. The fourth-order valence-corrected chi connectivity index (χ4v) is 3.33. The molecule has 2 atom stereocenters. The molecule has 7 heteroatoms. The van der Waals surface area contributed by atoms with Crippen LogP contribution in [-0.4, -0.2) is 28.4 Å². The SMILES string of the molecule is CC1(C)OC(=O)C(=O)N2[C@H](c3cc(F)c(F)c(F)c3)CC[C@@H]21. The van der Waals surface area contributed by atoms with Crippen LogP contribution >= 0.6 is 0 Å². The summed E-state index contributed by atoms with van der Waals surface area (Å²) in [5, 5.41) is 0. The van der Waals surface area contributed by atoms with E-state index in [2.05, 4.69) is 0 Å². The van der Waals surface area contributed by atoms with Gasteiger partial charge in [-0.25, -0.2) is 18.0 Å². The summed E-state index contributed by atoms with van der Waals surface area (Å²) < 4.78 is 45.1. The molecule has 0 aliphatic carbocycles. The maximum Gasteiger partial charge on any atom is 0.397 e. The van der Waals surface area contributed by atoms with E-state index in [9.17, 15) is 22.8 Å². The number of benzene rings is 1. The van der Waals surface area contributed by atoms with Gasteiger partial charge in [0.05, 0.1) is 12.1 Å². The minimum atomic E-state index is -1.55. The standard InChI is InChI=1S/C15H14F3NO3/c1-15(2)11-4-3-10(19(11)13(20)14(21)22-15)7-5-8(16)12(18)9(17)6-7/h5-6,10-11H,3-4H2,1-2H3/t10-,11+/m0/s1. The van der Waals surface area contributed by atoms with Crippen molar-refractivity contribution in [3.63, 3.8) is 0 Å². The number of hydrogen-bond acceptors (Lipinski definition) is 3. The Balaban J connectivity index is 2.03. The smallest absolute Gasteiger partial charge is 0.397 e. The number of esters is 1. The van der Waals surface area contributed by atoms with Crippen molar-refractivity contribution in [2.45, 2.75) is 44.4 Å². The lowest BCUT2D eigenvalue weighted by Gasteiger charge is -2.43. The highest BCUT2D eigenvalue weighted by atomic mass is 19.2. The number of carbonyl (C=O) groups excluding carboxylic acids is 2. The summed E-state index contributed by atoms with van der Waals surface area (Å²) in [7, 11) is 0. The molecule has 0 aromatic heterocycles. The second kappa shape index (κ2) is 4.72. The minimum absolute atomic E-state index is 0.137. The van der Waals surface area contributed by atoms with E-state index in [1.165, 1.54) is 4.90 Å². The molecule has 1 aromatic rings. The average Bonchev–Trinajstić information content (AvgIpc) is 2.87. The quantitative estimate of drug-likeness (QED) is 0.454. The number of cyclic esters (lactones) is 1. The Labute approximate surface area is 124 Å². The first-order valence-corrected chi connectivity index (χ1v) is 6.92. The zero-order valence-electron chi connectivity index (χ0n) is 12.0. The summed E-state index contributed by atoms with van der Waals surface area (Å²) in [5.41, 5.74) is -0.741.